The van der Waals surface area contributed by atoms with Gasteiger partial charge >= 0.3 is 0 Å². The summed E-state index contributed by atoms with van der Waals surface area (Å²) in [5.41, 5.74) is 3.24. The average Bonchev–Trinajstić information content (AvgIpc) is 3.20. The van der Waals surface area contributed by atoms with Crippen LogP contribution in [0.1, 0.15) is 34.6 Å². The van der Waals surface area contributed by atoms with Gasteiger partial charge in [0.15, 0.2) is 0 Å². The normalized spacial score (nSPS) is 14.1. The first-order chi connectivity index (χ1) is 13.5. The molecule has 1 aliphatic heterocycles. The van der Waals surface area contributed by atoms with E-state index >= 15 is 0 Å². The predicted molar refractivity (Wildman–Crippen MR) is 103 cm³/mol. The second kappa shape index (κ2) is 7.26. The second-order valence-corrected chi connectivity index (χ2v) is 6.83. The van der Waals surface area contributed by atoms with Crippen LogP contribution in [0.3, 0.4) is 0 Å². The molecule has 2 heterocycles. The molecule has 1 aromatic heterocycles. The van der Waals surface area contributed by atoms with Crippen molar-refractivity contribution in [2.75, 3.05) is 0 Å². The summed E-state index contributed by atoms with van der Waals surface area (Å²) >= 11 is 0. The van der Waals surface area contributed by atoms with Gasteiger partial charge in [0.2, 0.25) is 11.8 Å². The van der Waals surface area contributed by atoms with Gasteiger partial charge in [-0.25, -0.2) is 4.98 Å². The smallest absolute Gasteiger partial charge is 0.251 e. The number of rotatable bonds is 5. The quantitative estimate of drug-likeness (QED) is 0.692. The SMILES string of the molecule is Cn1c(CNC(=O)c2ccc(CN3C(=O)CCC3=O)cc2)nc2ccccc21. The monoisotopic (exact) mass is 376 g/mol. The van der Waals surface area contributed by atoms with Gasteiger partial charge in [0, 0.05) is 25.5 Å². The second-order valence-electron chi connectivity index (χ2n) is 6.83. The molecule has 0 aliphatic carbocycles. The molecule has 1 saturated heterocycles. The summed E-state index contributed by atoms with van der Waals surface area (Å²) in [7, 11) is 1.92. The van der Waals surface area contributed by atoms with Gasteiger partial charge in [-0.3, -0.25) is 19.3 Å². The first kappa shape index (κ1) is 17.9. The Labute approximate surface area is 162 Å². The third-order valence-corrected chi connectivity index (χ3v) is 5.00. The Kier molecular flexibility index (Phi) is 4.65. The maximum atomic E-state index is 12.4. The Morgan fingerprint density at radius 1 is 1.04 bits per heavy atom. The minimum Gasteiger partial charge on any atom is -0.345 e. The largest absolute Gasteiger partial charge is 0.345 e. The molecule has 7 nitrogen and oxygen atoms in total. The van der Waals surface area contributed by atoms with Crippen LogP contribution >= 0.6 is 0 Å². The number of carbonyl (C=O) groups excluding carboxylic acids is 3. The van der Waals surface area contributed by atoms with Crippen LogP contribution in [0, 0.1) is 0 Å². The number of imide groups is 1. The number of para-hydroxylation sites is 2. The molecular weight excluding hydrogens is 356 g/mol. The number of fused-ring (bicyclic) bond motifs is 1. The highest BCUT2D eigenvalue weighted by molar-refractivity contribution is 6.01. The van der Waals surface area contributed by atoms with E-state index in [-0.39, 0.29) is 37.1 Å². The first-order valence-corrected chi connectivity index (χ1v) is 9.13. The third-order valence-electron chi connectivity index (χ3n) is 5.00. The topological polar surface area (TPSA) is 84.3 Å². The van der Waals surface area contributed by atoms with Crippen LogP contribution in [0.5, 0.6) is 0 Å². The lowest BCUT2D eigenvalue weighted by atomic mass is 10.1. The van der Waals surface area contributed by atoms with E-state index in [9.17, 15) is 14.4 Å². The molecular formula is C21H20N4O3. The fraction of sp³-hybridized carbons (Fsp3) is 0.238. The summed E-state index contributed by atoms with van der Waals surface area (Å²) in [6.45, 7) is 0.571. The Bertz CT molecular complexity index is 1050. The molecule has 28 heavy (non-hydrogen) atoms. The number of carbonyl (C=O) groups is 3. The molecule has 3 aromatic rings. The van der Waals surface area contributed by atoms with Gasteiger partial charge < -0.3 is 9.88 Å². The standard InChI is InChI=1S/C21H20N4O3/c1-24-17-5-3-2-4-16(17)23-18(24)12-22-21(28)15-8-6-14(7-9-15)13-25-19(26)10-11-20(25)27/h2-9H,10-13H2,1H3,(H,22,28). The molecule has 142 valence electrons. The number of nitrogens with zero attached hydrogens (tertiary/aromatic N) is 3. The number of benzene rings is 2. The zero-order valence-electron chi connectivity index (χ0n) is 15.5. The number of aromatic nitrogens is 2. The van der Waals surface area contributed by atoms with E-state index in [0.717, 1.165) is 22.4 Å². The van der Waals surface area contributed by atoms with Crippen molar-refractivity contribution in [1.82, 2.24) is 19.8 Å². The van der Waals surface area contributed by atoms with E-state index < -0.39 is 0 Å². The fourth-order valence-electron chi connectivity index (χ4n) is 3.36. The number of hydrogen-bond donors (Lipinski definition) is 1. The third kappa shape index (κ3) is 3.38. The molecule has 4 rings (SSSR count). The van der Waals surface area contributed by atoms with Crippen molar-refractivity contribution in [3.63, 3.8) is 0 Å². The van der Waals surface area contributed by atoms with Gasteiger partial charge in [-0.2, -0.15) is 0 Å². The predicted octanol–water partition coefficient (Wildman–Crippen LogP) is 2.15. The zero-order chi connectivity index (χ0) is 19.7. The summed E-state index contributed by atoms with van der Waals surface area (Å²) in [6, 6.07) is 14.7. The van der Waals surface area contributed by atoms with Gasteiger partial charge in [0.1, 0.15) is 5.82 Å². The fourth-order valence-corrected chi connectivity index (χ4v) is 3.36. The lowest BCUT2D eigenvalue weighted by Crippen LogP contribution is -2.28. The van der Waals surface area contributed by atoms with Gasteiger partial charge in [0.05, 0.1) is 24.1 Å². The number of aryl methyl sites for hydroxylation is 1. The molecule has 0 radical (unpaired) electrons. The van der Waals surface area contributed by atoms with E-state index in [1.165, 1.54) is 4.90 Å². The molecule has 1 fully saturated rings. The molecule has 0 spiro atoms. The maximum Gasteiger partial charge on any atom is 0.251 e. The van der Waals surface area contributed by atoms with Gasteiger partial charge in [0.25, 0.3) is 5.91 Å². The molecule has 0 unspecified atom stereocenters. The number of amides is 3. The van der Waals surface area contributed by atoms with Crippen molar-refractivity contribution in [2.24, 2.45) is 7.05 Å². The van der Waals surface area contributed by atoms with Crippen LogP contribution in [-0.4, -0.2) is 32.2 Å². The molecule has 1 N–H and O–H groups in total. The van der Waals surface area contributed by atoms with Crippen molar-refractivity contribution in [3.05, 3.63) is 65.5 Å². The Morgan fingerprint density at radius 3 is 2.39 bits per heavy atom. The van der Waals surface area contributed by atoms with Crippen LogP contribution in [0.25, 0.3) is 11.0 Å². The summed E-state index contributed by atoms with van der Waals surface area (Å²) in [6.07, 6.45) is 0.559. The van der Waals surface area contributed by atoms with Crippen LogP contribution in [0.2, 0.25) is 0 Å². The summed E-state index contributed by atoms with van der Waals surface area (Å²) in [5, 5.41) is 2.88. The molecule has 2 aromatic carbocycles. The molecule has 1 aliphatic rings. The lowest BCUT2D eigenvalue weighted by Gasteiger charge is -2.14. The maximum absolute atomic E-state index is 12.4. The molecule has 3 amide bonds. The van der Waals surface area contributed by atoms with E-state index in [2.05, 4.69) is 10.3 Å². The van der Waals surface area contributed by atoms with Crippen molar-refractivity contribution >= 4 is 28.8 Å². The summed E-state index contributed by atoms with van der Waals surface area (Å²) in [5.74, 6) is 0.285. The lowest BCUT2D eigenvalue weighted by molar-refractivity contribution is -0.139. The van der Waals surface area contributed by atoms with Gasteiger partial charge in [-0.05, 0) is 29.8 Å². The number of hydrogen-bond acceptors (Lipinski definition) is 4. The van der Waals surface area contributed by atoms with E-state index in [4.69, 9.17) is 0 Å². The van der Waals surface area contributed by atoms with Crippen LogP contribution in [0.15, 0.2) is 48.5 Å². The van der Waals surface area contributed by atoms with Crippen molar-refractivity contribution in [2.45, 2.75) is 25.9 Å². The highest BCUT2D eigenvalue weighted by Crippen LogP contribution is 2.17. The van der Waals surface area contributed by atoms with Crippen molar-refractivity contribution in [1.29, 1.82) is 0 Å². The Hall–Kier alpha value is -3.48. The highest BCUT2D eigenvalue weighted by Gasteiger charge is 2.28. The van der Waals surface area contributed by atoms with Crippen molar-refractivity contribution < 1.29 is 14.4 Å². The average molecular weight is 376 g/mol. The summed E-state index contributed by atoms with van der Waals surface area (Å²) < 4.78 is 1.96. The van der Waals surface area contributed by atoms with Gasteiger partial charge in [-0.15, -0.1) is 0 Å². The zero-order valence-corrected chi connectivity index (χ0v) is 15.5. The van der Waals surface area contributed by atoms with Crippen LogP contribution in [-0.2, 0) is 29.7 Å². The van der Waals surface area contributed by atoms with E-state index in [1.807, 2.05) is 35.9 Å². The van der Waals surface area contributed by atoms with Crippen molar-refractivity contribution in [3.8, 4) is 0 Å². The first-order valence-electron chi connectivity index (χ1n) is 9.13. The summed E-state index contributed by atoms with van der Waals surface area (Å²) in [4.78, 5) is 41.7. The Morgan fingerprint density at radius 2 is 1.71 bits per heavy atom. The minimum atomic E-state index is -0.202. The number of imidazole rings is 1. The highest BCUT2D eigenvalue weighted by atomic mass is 16.2. The molecule has 7 heteroatoms. The molecule has 0 bridgehead atoms. The van der Waals surface area contributed by atoms with E-state index in [1.54, 1.807) is 24.3 Å². The molecule has 0 saturated carbocycles. The number of likely N-dealkylation sites (tertiary alicyclic amines) is 1. The van der Waals surface area contributed by atoms with Crippen LogP contribution in [0.4, 0.5) is 0 Å². The van der Waals surface area contributed by atoms with Crippen LogP contribution < -0.4 is 5.32 Å². The van der Waals surface area contributed by atoms with Gasteiger partial charge in [-0.1, -0.05) is 24.3 Å². The Balaban J connectivity index is 1.40. The molecule has 0 atom stereocenters. The minimum absolute atomic E-state index is 0.144. The van der Waals surface area contributed by atoms with E-state index in [0.29, 0.717) is 12.1 Å². The number of nitrogens with one attached hydrogen (secondary N) is 1.